The van der Waals surface area contributed by atoms with Gasteiger partial charge in [0.25, 0.3) is 0 Å². The zero-order chi connectivity index (χ0) is 8.91. The van der Waals surface area contributed by atoms with Gasteiger partial charge < -0.3 is 16.3 Å². The molecule has 0 rings (SSSR count). The van der Waals surface area contributed by atoms with Gasteiger partial charge in [0.1, 0.15) is 0 Å². The van der Waals surface area contributed by atoms with Crippen LogP contribution in [-0.2, 0) is 9.63 Å². The van der Waals surface area contributed by atoms with Crippen molar-refractivity contribution in [1.82, 2.24) is 0 Å². The number of hydrogen-bond acceptors (Lipinski definition) is 5. The molecule has 0 bridgehead atoms. The number of rotatable bonds is 4. The van der Waals surface area contributed by atoms with Gasteiger partial charge in [-0.15, -0.1) is 0 Å². The van der Waals surface area contributed by atoms with Crippen molar-refractivity contribution >= 4 is 5.97 Å². The maximum atomic E-state index is 10.7. The predicted molar refractivity (Wildman–Crippen MR) is 40.9 cm³/mol. The van der Waals surface area contributed by atoms with Crippen LogP contribution < -0.4 is 17.4 Å². The molecule has 0 fully saturated rings. The van der Waals surface area contributed by atoms with E-state index in [9.17, 15) is 4.79 Å². The highest BCUT2D eigenvalue weighted by molar-refractivity contribution is 5.79. The molecule has 0 aromatic rings. The predicted octanol–water partition coefficient (Wildman–Crippen LogP) is -0.793. The average molecular weight is 161 g/mol. The molecule has 11 heavy (non-hydrogen) atoms. The van der Waals surface area contributed by atoms with E-state index in [1.165, 1.54) is 0 Å². The van der Waals surface area contributed by atoms with Crippen LogP contribution in [0.3, 0.4) is 0 Å². The quantitative estimate of drug-likeness (QED) is 0.370. The molecule has 0 spiro atoms. The van der Waals surface area contributed by atoms with Gasteiger partial charge in [-0.05, 0) is 12.8 Å². The molecule has 0 aliphatic carbocycles. The van der Waals surface area contributed by atoms with Crippen LogP contribution in [0.1, 0.15) is 26.2 Å². The Morgan fingerprint density at radius 1 is 1.55 bits per heavy atom. The Hall–Kier alpha value is -0.650. The highest BCUT2D eigenvalue weighted by atomic mass is 16.7. The van der Waals surface area contributed by atoms with E-state index < -0.39 is 11.6 Å². The SMILES string of the molecule is CCCCC(N)(N)C(=O)ON. The van der Waals surface area contributed by atoms with Crippen molar-refractivity contribution in [2.45, 2.75) is 31.8 Å². The lowest BCUT2D eigenvalue weighted by Crippen LogP contribution is -2.57. The van der Waals surface area contributed by atoms with Crippen LogP contribution >= 0.6 is 0 Å². The zero-order valence-electron chi connectivity index (χ0n) is 6.67. The maximum Gasteiger partial charge on any atom is 0.359 e. The minimum atomic E-state index is -1.43. The Kier molecular flexibility index (Phi) is 4.02. The third-order valence-electron chi connectivity index (χ3n) is 1.43. The highest BCUT2D eigenvalue weighted by Crippen LogP contribution is 2.05. The summed E-state index contributed by atoms with van der Waals surface area (Å²) in [7, 11) is 0. The molecule has 66 valence electrons. The maximum absolute atomic E-state index is 10.7. The minimum absolute atomic E-state index is 0.388. The van der Waals surface area contributed by atoms with E-state index in [0.29, 0.717) is 6.42 Å². The van der Waals surface area contributed by atoms with E-state index in [-0.39, 0.29) is 0 Å². The molecule has 0 atom stereocenters. The molecule has 0 saturated carbocycles. The van der Waals surface area contributed by atoms with Crippen LogP contribution in [0.5, 0.6) is 0 Å². The first kappa shape index (κ1) is 10.3. The van der Waals surface area contributed by atoms with E-state index in [2.05, 4.69) is 10.7 Å². The molecule has 0 amide bonds. The van der Waals surface area contributed by atoms with Crippen molar-refractivity contribution in [3.8, 4) is 0 Å². The van der Waals surface area contributed by atoms with Crippen LogP contribution in [0.4, 0.5) is 0 Å². The van der Waals surface area contributed by atoms with Crippen molar-refractivity contribution < 1.29 is 9.63 Å². The molecular weight excluding hydrogens is 146 g/mol. The van der Waals surface area contributed by atoms with Crippen molar-refractivity contribution in [3.63, 3.8) is 0 Å². The molecule has 0 aromatic heterocycles. The molecule has 0 aliphatic heterocycles. The summed E-state index contributed by atoms with van der Waals surface area (Å²) < 4.78 is 0. The van der Waals surface area contributed by atoms with Crippen LogP contribution in [0.15, 0.2) is 0 Å². The smallest absolute Gasteiger partial charge is 0.359 e. The van der Waals surface area contributed by atoms with Gasteiger partial charge in [-0.2, -0.15) is 5.90 Å². The molecule has 0 aliphatic rings. The summed E-state index contributed by atoms with van der Waals surface area (Å²) >= 11 is 0. The third-order valence-corrected chi connectivity index (χ3v) is 1.43. The van der Waals surface area contributed by atoms with E-state index in [1.807, 2.05) is 6.92 Å². The van der Waals surface area contributed by atoms with Gasteiger partial charge in [0.15, 0.2) is 5.66 Å². The molecule has 0 saturated heterocycles. The van der Waals surface area contributed by atoms with Gasteiger partial charge in [0.05, 0.1) is 0 Å². The second-order valence-electron chi connectivity index (χ2n) is 2.55. The van der Waals surface area contributed by atoms with Crippen molar-refractivity contribution in [2.75, 3.05) is 0 Å². The van der Waals surface area contributed by atoms with Crippen LogP contribution in [0.2, 0.25) is 0 Å². The number of nitrogens with two attached hydrogens (primary N) is 3. The lowest BCUT2D eigenvalue weighted by Gasteiger charge is -2.19. The summed E-state index contributed by atoms with van der Waals surface area (Å²) in [6.07, 6.45) is 2.09. The summed E-state index contributed by atoms with van der Waals surface area (Å²) in [6, 6.07) is 0. The van der Waals surface area contributed by atoms with E-state index in [1.54, 1.807) is 0 Å². The Balaban J connectivity index is 3.88. The summed E-state index contributed by atoms with van der Waals surface area (Å²) in [5, 5.41) is 0. The van der Waals surface area contributed by atoms with Gasteiger partial charge in [0.2, 0.25) is 0 Å². The van der Waals surface area contributed by atoms with E-state index >= 15 is 0 Å². The number of carbonyl (C=O) groups is 1. The Labute approximate surface area is 65.8 Å². The molecule has 5 nitrogen and oxygen atoms in total. The first-order valence-corrected chi connectivity index (χ1v) is 3.53. The van der Waals surface area contributed by atoms with Crippen LogP contribution in [0, 0.1) is 0 Å². The Morgan fingerprint density at radius 3 is 2.45 bits per heavy atom. The monoisotopic (exact) mass is 161 g/mol. The summed E-state index contributed by atoms with van der Waals surface area (Å²) in [5.74, 6) is 3.85. The largest absolute Gasteiger partial charge is 0.371 e. The fourth-order valence-corrected chi connectivity index (χ4v) is 0.681. The Morgan fingerprint density at radius 2 is 2.09 bits per heavy atom. The van der Waals surface area contributed by atoms with Gasteiger partial charge >= 0.3 is 5.97 Å². The lowest BCUT2D eigenvalue weighted by molar-refractivity contribution is -0.150. The molecule has 0 aromatic carbocycles. The minimum Gasteiger partial charge on any atom is -0.371 e. The third kappa shape index (κ3) is 3.31. The number of unbranched alkanes of at least 4 members (excludes halogenated alkanes) is 1. The van der Waals surface area contributed by atoms with E-state index in [0.717, 1.165) is 12.8 Å². The van der Waals surface area contributed by atoms with E-state index in [4.69, 9.17) is 11.5 Å². The van der Waals surface area contributed by atoms with Crippen LogP contribution in [0.25, 0.3) is 0 Å². The number of hydrogen-bond donors (Lipinski definition) is 3. The number of carbonyl (C=O) groups excluding carboxylic acids is 1. The summed E-state index contributed by atoms with van der Waals surface area (Å²) in [6.45, 7) is 1.98. The molecule has 5 heteroatoms. The average Bonchev–Trinajstić information content (AvgIpc) is 1.99. The van der Waals surface area contributed by atoms with Crippen molar-refractivity contribution in [3.05, 3.63) is 0 Å². The normalized spacial score (nSPS) is 11.3. The molecule has 0 radical (unpaired) electrons. The van der Waals surface area contributed by atoms with Gasteiger partial charge in [-0.25, -0.2) is 4.79 Å². The summed E-state index contributed by atoms with van der Waals surface area (Å²) in [4.78, 5) is 14.7. The standard InChI is InChI=1S/C6H15N3O2/c1-2-3-4-6(7,8)5(10)11-9/h2-4,7-9H2,1H3. The Bertz CT molecular complexity index is 136. The van der Waals surface area contributed by atoms with Gasteiger partial charge in [-0.1, -0.05) is 13.3 Å². The van der Waals surface area contributed by atoms with Gasteiger partial charge in [0, 0.05) is 0 Å². The molecule has 0 heterocycles. The second-order valence-corrected chi connectivity index (χ2v) is 2.55. The van der Waals surface area contributed by atoms with Crippen LogP contribution in [-0.4, -0.2) is 11.6 Å². The lowest BCUT2D eigenvalue weighted by atomic mass is 10.1. The van der Waals surface area contributed by atoms with Gasteiger partial charge in [-0.3, -0.25) is 0 Å². The highest BCUT2D eigenvalue weighted by Gasteiger charge is 2.29. The fraction of sp³-hybridized carbons (Fsp3) is 0.833. The topological polar surface area (TPSA) is 104 Å². The fourth-order valence-electron chi connectivity index (χ4n) is 0.681. The second kappa shape index (κ2) is 4.27. The van der Waals surface area contributed by atoms with Crippen molar-refractivity contribution in [2.24, 2.45) is 17.4 Å². The van der Waals surface area contributed by atoms with Crippen molar-refractivity contribution in [1.29, 1.82) is 0 Å². The molecule has 0 unspecified atom stereocenters. The first-order chi connectivity index (χ1) is 5.04. The molecular formula is C6H15N3O2. The summed E-state index contributed by atoms with van der Waals surface area (Å²) in [5.41, 5.74) is 9.33. The zero-order valence-corrected chi connectivity index (χ0v) is 6.67. The first-order valence-electron chi connectivity index (χ1n) is 3.53. The molecule has 6 N–H and O–H groups in total.